The van der Waals surface area contributed by atoms with Crippen LogP contribution in [0.5, 0.6) is 0 Å². The molecule has 0 radical (unpaired) electrons. The highest BCUT2D eigenvalue weighted by atomic mass is 35.5. The Bertz CT molecular complexity index is 333. The molecule has 0 spiro atoms. The van der Waals surface area contributed by atoms with Gasteiger partial charge in [0.2, 0.25) is 0 Å². The molecule has 0 aliphatic carbocycles. The van der Waals surface area contributed by atoms with Gasteiger partial charge in [0.15, 0.2) is 0 Å². The van der Waals surface area contributed by atoms with Crippen molar-refractivity contribution < 1.29 is 13.9 Å². The molecule has 1 aromatic heterocycles. The quantitative estimate of drug-likeness (QED) is 0.817. The molecule has 3 N–H and O–H groups in total. The number of halogens is 3. The fourth-order valence-corrected chi connectivity index (χ4v) is 1.41. The molecule has 0 atom stereocenters. The average molecular weight is 223 g/mol. The van der Waals surface area contributed by atoms with Crippen molar-refractivity contribution in [3.63, 3.8) is 0 Å². The fraction of sp³-hybridized carbons (Fsp3) is 0.375. The van der Waals surface area contributed by atoms with Crippen LogP contribution in [-0.4, -0.2) is 10.1 Å². The zero-order chi connectivity index (χ0) is 10.7. The van der Waals surface area contributed by atoms with Crippen molar-refractivity contribution in [1.29, 1.82) is 0 Å². The first kappa shape index (κ1) is 11.3. The third-order valence-electron chi connectivity index (χ3n) is 1.85. The summed E-state index contributed by atoms with van der Waals surface area (Å²) < 4.78 is 24.8. The van der Waals surface area contributed by atoms with Crippen LogP contribution < -0.4 is 5.73 Å². The second-order valence-corrected chi connectivity index (χ2v) is 3.02. The molecule has 0 fully saturated rings. The third-order valence-corrected chi connectivity index (χ3v) is 2.17. The smallest absolute Gasteiger partial charge is 0.280 e. The molecule has 0 aliphatic heterocycles. The maximum absolute atomic E-state index is 12.4. The van der Waals surface area contributed by atoms with Crippen molar-refractivity contribution in [1.82, 2.24) is 4.98 Å². The van der Waals surface area contributed by atoms with Crippen LogP contribution in [0.3, 0.4) is 0 Å². The van der Waals surface area contributed by atoms with Crippen LogP contribution in [0.4, 0.5) is 8.78 Å². The van der Waals surface area contributed by atoms with Gasteiger partial charge in [-0.1, -0.05) is 11.6 Å². The van der Waals surface area contributed by atoms with Gasteiger partial charge in [0.05, 0.1) is 11.6 Å². The van der Waals surface area contributed by atoms with Gasteiger partial charge < -0.3 is 10.8 Å². The molecule has 6 heteroatoms. The molecule has 1 aromatic rings. The maximum atomic E-state index is 12.4. The van der Waals surface area contributed by atoms with Crippen LogP contribution >= 0.6 is 11.6 Å². The lowest BCUT2D eigenvalue weighted by molar-refractivity contribution is 0.141. The number of hydrogen-bond donors (Lipinski definition) is 2. The summed E-state index contributed by atoms with van der Waals surface area (Å²) in [5, 5.41) is 9.11. The van der Waals surface area contributed by atoms with Crippen LogP contribution in [-0.2, 0) is 13.2 Å². The standard InChI is InChI=1S/C8H9ClF2N2O/c9-6-2-13-7(8(10)11)5(3-14)4(6)1-12/h2,8,14H,1,3,12H2. The minimum Gasteiger partial charge on any atom is -0.392 e. The molecular weight excluding hydrogens is 214 g/mol. The van der Waals surface area contributed by atoms with E-state index in [1.54, 1.807) is 0 Å². The summed E-state index contributed by atoms with van der Waals surface area (Å²) >= 11 is 5.69. The summed E-state index contributed by atoms with van der Waals surface area (Å²) in [6, 6.07) is 0. The van der Waals surface area contributed by atoms with E-state index in [1.165, 1.54) is 0 Å². The van der Waals surface area contributed by atoms with Crippen molar-refractivity contribution in [2.24, 2.45) is 5.73 Å². The molecular formula is C8H9ClF2N2O. The van der Waals surface area contributed by atoms with E-state index in [1.807, 2.05) is 0 Å². The van der Waals surface area contributed by atoms with Crippen molar-refractivity contribution in [3.8, 4) is 0 Å². The summed E-state index contributed by atoms with van der Waals surface area (Å²) in [4.78, 5) is 3.46. The molecule has 3 nitrogen and oxygen atoms in total. The second kappa shape index (κ2) is 4.63. The van der Waals surface area contributed by atoms with Crippen LogP contribution in [0, 0.1) is 0 Å². The second-order valence-electron chi connectivity index (χ2n) is 2.61. The predicted molar refractivity (Wildman–Crippen MR) is 48.0 cm³/mol. The molecule has 0 unspecified atom stereocenters. The molecule has 78 valence electrons. The topological polar surface area (TPSA) is 59.1 Å². The molecule has 14 heavy (non-hydrogen) atoms. The van der Waals surface area contributed by atoms with Crippen molar-refractivity contribution in [2.45, 2.75) is 19.6 Å². The summed E-state index contributed by atoms with van der Waals surface area (Å²) in [7, 11) is 0. The van der Waals surface area contributed by atoms with Gasteiger partial charge in [-0.2, -0.15) is 0 Å². The zero-order valence-electron chi connectivity index (χ0n) is 7.17. The zero-order valence-corrected chi connectivity index (χ0v) is 7.93. The van der Waals surface area contributed by atoms with E-state index in [2.05, 4.69) is 4.98 Å². The lowest BCUT2D eigenvalue weighted by atomic mass is 10.1. The minimum atomic E-state index is -2.74. The largest absolute Gasteiger partial charge is 0.392 e. The van der Waals surface area contributed by atoms with Crippen molar-refractivity contribution >= 4 is 11.6 Å². The summed E-state index contributed by atoms with van der Waals surface area (Å²) in [5.41, 5.74) is 5.21. The van der Waals surface area contributed by atoms with Gasteiger partial charge in [-0.05, 0) is 5.56 Å². The number of pyridine rings is 1. The third kappa shape index (κ3) is 2.00. The van der Waals surface area contributed by atoms with E-state index in [0.717, 1.165) is 6.20 Å². The number of alkyl halides is 2. The Hall–Kier alpha value is -0.780. The van der Waals surface area contributed by atoms with Gasteiger partial charge in [0.25, 0.3) is 6.43 Å². The number of nitrogens with two attached hydrogens (primary N) is 1. The Morgan fingerprint density at radius 1 is 1.50 bits per heavy atom. The molecule has 1 rings (SSSR count). The molecule has 0 saturated carbocycles. The Balaban J connectivity index is 3.33. The highest BCUT2D eigenvalue weighted by Crippen LogP contribution is 2.27. The molecule has 1 heterocycles. The first-order chi connectivity index (χ1) is 6.61. The van der Waals surface area contributed by atoms with E-state index in [0.29, 0.717) is 5.56 Å². The summed E-state index contributed by atoms with van der Waals surface area (Å²) in [6.45, 7) is -0.545. The van der Waals surface area contributed by atoms with Crippen molar-refractivity contribution in [2.75, 3.05) is 0 Å². The highest BCUT2D eigenvalue weighted by Gasteiger charge is 2.18. The van der Waals surface area contributed by atoms with Gasteiger partial charge in [-0.15, -0.1) is 0 Å². The highest BCUT2D eigenvalue weighted by molar-refractivity contribution is 6.31. The van der Waals surface area contributed by atoms with Gasteiger partial charge in [-0.3, -0.25) is 4.98 Å². The van der Waals surface area contributed by atoms with Gasteiger partial charge in [-0.25, -0.2) is 8.78 Å². The maximum Gasteiger partial charge on any atom is 0.280 e. The Labute approximate surface area is 84.5 Å². The lowest BCUT2D eigenvalue weighted by Gasteiger charge is -2.11. The normalized spacial score (nSPS) is 11.0. The Kier molecular flexibility index (Phi) is 3.74. The summed E-state index contributed by atoms with van der Waals surface area (Å²) in [6.07, 6.45) is -1.62. The van der Waals surface area contributed by atoms with E-state index in [4.69, 9.17) is 22.4 Å². The number of aliphatic hydroxyl groups excluding tert-OH is 1. The minimum absolute atomic E-state index is 0.00301. The first-order valence-electron chi connectivity index (χ1n) is 3.87. The molecule has 0 bridgehead atoms. The predicted octanol–water partition coefficient (Wildman–Crippen LogP) is 1.62. The van der Waals surface area contributed by atoms with E-state index in [9.17, 15) is 8.78 Å². The van der Waals surface area contributed by atoms with Gasteiger partial charge in [0.1, 0.15) is 5.69 Å². The van der Waals surface area contributed by atoms with Gasteiger partial charge in [0, 0.05) is 18.3 Å². The number of aliphatic hydroxyl groups is 1. The van der Waals surface area contributed by atoms with E-state index < -0.39 is 18.7 Å². The molecule has 0 aromatic carbocycles. The molecule has 0 saturated heterocycles. The number of hydrogen-bond acceptors (Lipinski definition) is 3. The van der Waals surface area contributed by atoms with Crippen LogP contribution in [0.25, 0.3) is 0 Å². The number of aromatic nitrogens is 1. The number of rotatable bonds is 3. The fourth-order valence-electron chi connectivity index (χ4n) is 1.17. The molecule has 0 aliphatic rings. The van der Waals surface area contributed by atoms with Gasteiger partial charge >= 0.3 is 0 Å². The monoisotopic (exact) mass is 222 g/mol. The van der Waals surface area contributed by atoms with Crippen molar-refractivity contribution in [3.05, 3.63) is 28.0 Å². The molecule has 0 amide bonds. The lowest BCUT2D eigenvalue weighted by Crippen LogP contribution is -2.08. The first-order valence-corrected chi connectivity index (χ1v) is 4.24. The van der Waals surface area contributed by atoms with E-state index in [-0.39, 0.29) is 17.1 Å². The average Bonchev–Trinajstić information content (AvgIpc) is 2.16. The number of nitrogens with zero attached hydrogens (tertiary/aromatic N) is 1. The SMILES string of the molecule is NCc1c(Cl)cnc(C(F)F)c1CO. The van der Waals surface area contributed by atoms with E-state index >= 15 is 0 Å². The summed E-state index contributed by atoms with van der Waals surface area (Å²) in [5.74, 6) is 0. The van der Waals surface area contributed by atoms with Crippen LogP contribution in [0.1, 0.15) is 23.2 Å². The van der Waals surface area contributed by atoms with Crippen LogP contribution in [0.2, 0.25) is 5.02 Å². The van der Waals surface area contributed by atoms with Crippen LogP contribution in [0.15, 0.2) is 6.20 Å². The Morgan fingerprint density at radius 2 is 2.14 bits per heavy atom. The Morgan fingerprint density at radius 3 is 2.57 bits per heavy atom.